The molecule has 2 aromatic rings. The molecule has 126 valence electrons. The van der Waals surface area contributed by atoms with E-state index in [0.29, 0.717) is 24.7 Å². The predicted octanol–water partition coefficient (Wildman–Crippen LogP) is 2.06. The van der Waals surface area contributed by atoms with Crippen LogP contribution in [0.5, 0.6) is 11.6 Å². The maximum Gasteiger partial charge on any atom is 0.260 e. The zero-order valence-electron chi connectivity index (χ0n) is 13.1. The van der Waals surface area contributed by atoms with Crippen molar-refractivity contribution >= 4 is 5.91 Å². The highest BCUT2D eigenvalue weighted by atomic mass is 19.1. The molecule has 7 heteroatoms. The average molecular weight is 331 g/mol. The third kappa shape index (κ3) is 4.41. The first kappa shape index (κ1) is 16.2. The average Bonchev–Trinajstić information content (AvgIpc) is 2.62. The molecule has 6 nitrogen and oxygen atoms in total. The molecule has 1 aromatic heterocycles. The molecule has 1 aromatic carbocycles. The number of hydrogen-bond acceptors (Lipinski definition) is 5. The highest BCUT2D eigenvalue weighted by Crippen LogP contribution is 2.17. The summed E-state index contributed by atoms with van der Waals surface area (Å²) in [6, 6.07) is 9.15. The highest BCUT2D eigenvalue weighted by Gasteiger charge is 2.24. The molecule has 0 N–H and O–H groups in total. The lowest BCUT2D eigenvalue weighted by atomic mass is 10.1. The zero-order chi connectivity index (χ0) is 16.8. The molecule has 1 fully saturated rings. The van der Waals surface area contributed by atoms with E-state index in [1.165, 1.54) is 24.3 Å². The number of benzene rings is 1. The number of piperidine rings is 1. The summed E-state index contributed by atoms with van der Waals surface area (Å²) in [5.41, 5.74) is 0. The largest absolute Gasteiger partial charge is 0.484 e. The summed E-state index contributed by atoms with van der Waals surface area (Å²) < 4.78 is 24.0. The van der Waals surface area contributed by atoms with E-state index in [9.17, 15) is 9.18 Å². The summed E-state index contributed by atoms with van der Waals surface area (Å²) in [4.78, 5) is 13.9. The fourth-order valence-corrected chi connectivity index (χ4v) is 2.51. The molecule has 0 aliphatic carbocycles. The predicted molar refractivity (Wildman–Crippen MR) is 84.2 cm³/mol. The molecule has 0 spiro atoms. The van der Waals surface area contributed by atoms with E-state index in [0.717, 1.165) is 12.8 Å². The SMILES string of the molecule is O=C(COc1ccc(F)cc1)N1CCC(Oc2cccnn2)CC1. The van der Waals surface area contributed by atoms with Crippen molar-refractivity contribution in [3.8, 4) is 11.6 Å². The van der Waals surface area contributed by atoms with Crippen LogP contribution in [0, 0.1) is 5.82 Å². The van der Waals surface area contributed by atoms with Gasteiger partial charge in [-0.15, -0.1) is 5.10 Å². The molecule has 1 aliphatic heterocycles. The van der Waals surface area contributed by atoms with Gasteiger partial charge in [0.15, 0.2) is 6.61 Å². The Morgan fingerprint density at radius 2 is 1.96 bits per heavy atom. The Balaban J connectivity index is 1.42. The van der Waals surface area contributed by atoms with Crippen LogP contribution < -0.4 is 9.47 Å². The fourth-order valence-electron chi connectivity index (χ4n) is 2.51. The van der Waals surface area contributed by atoms with Gasteiger partial charge >= 0.3 is 0 Å². The topological polar surface area (TPSA) is 64.5 Å². The van der Waals surface area contributed by atoms with Crippen LogP contribution in [0.2, 0.25) is 0 Å². The van der Waals surface area contributed by atoms with E-state index in [1.807, 2.05) is 0 Å². The summed E-state index contributed by atoms with van der Waals surface area (Å²) in [5, 5.41) is 7.67. The Labute approximate surface area is 139 Å². The normalized spacial score (nSPS) is 15.1. The number of rotatable bonds is 5. The maximum atomic E-state index is 12.8. The van der Waals surface area contributed by atoms with E-state index in [1.54, 1.807) is 23.2 Å². The van der Waals surface area contributed by atoms with Gasteiger partial charge in [-0.2, -0.15) is 5.10 Å². The molecule has 1 aliphatic rings. The molecule has 1 saturated heterocycles. The van der Waals surface area contributed by atoms with E-state index in [4.69, 9.17) is 9.47 Å². The number of likely N-dealkylation sites (tertiary alicyclic amines) is 1. The molecule has 0 saturated carbocycles. The number of hydrogen-bond donors (Lipinski definition) is 0. The molecule has 0 unspecified atom stereocenters. The van der Waals surface area contributed by atoms with Crippen molar-refractivity contribution in [1.29, 1.82) is 0 Å². The lowest BCUT2D eigenvalue weighted by Gasteiger charge is -2.31. The first-order valence-electron chi connectivity index (χ1n) is 7.81. The third-order valence-corrected chi connectivity index (χ3v) is 3.81. The second kappa shape index (κ2) is 7.72. The lowest BCUT2D eigenvalue weighted by molar-refractivity contribution is -0.135. The Kier molecular flexibility index (Phi) is 5.20. The number of aromatic nitrogens is 2. The molecule has 3 rings (SSSR count). The van der Waals surface area contributed by atoms with Crippen LogP contribution in [0.15, 0.2) is 42.6 Å². The Morgan fingerprint density at radius 3 is 2.62 bits per heavy atom. The quantitative estimate of drug-likeness (QED) is 0.839. The Bertz CT molecular complexity index is 659. The zero-order valence-corrected chi connectivity index (χ0v) is 13.1. The minimum Gasteiger partial charge on any atom is -0.484 e. The molecule has 2 heterocycles. The smallest absolute Gasteiger partial charge is 0.260 e. The van der Waals surface area contributed by atoms with Crippen LogP contribution >= 0.6 is 0 Å². The molecular formula is C17H18FN3O3. The van der Waals surface area contributed by atoms with Crippen LogP contribution in [-0.2, 0) is 4.79 Å². The van der Waals surface area contributed by atoms with Gasteiger partial charge in [-0.1, -0.05) is 0 Å². The van der Waals surface area contributed by atoms with Gasteiger partial charge in [-0.25, -0.2) is 4.39 Å². The van der Waals surface area contributed by atoms with Crippen LogP contribution in [-0.4, -0.2) is 46.8 Å². The van der Waals surface area contributed by atoms with Crippen molar-refractivity contribution < 1.29 is 18.7 Å². The summed E-state index contributed by atoms with van der Waals surface area (Å²) in [6.07, 6.45) is 3.09. The summed E-state index contributed by atoms with van der Waals surface area (Å²) >= 11 is 0. The number of amides is 1. The van der Waals surface area contributed by atoms with E-state index < -0.39 is 0 Å². The van der Waals surface area contributed by atoms with Gasteiger partial charge in [0.2, 0.25) is 5.88 Å². The Morgan fingerprint density at radius 1 is 1.21 bits per heavy atom. The van der Waals surface area contributed by atoms with Gasteiger partial charge in [0.25, 0.3) is 5.91 Å². The second-order valence-corrected chi connectivity index (χ2v) is 5.50. The first-order chi connectivity index (χ1) is 11.7. The minimum absolute atomic E-state index is 0.0313. The molecule has 0 radical (unpaired) electrons. The van der Waals surface area contributed by atoms with E-state index >= 15 is 0 Å². The van der Waals surface area contributed by atoms with Crippen LogP contribution in [0.3, 0.4) is 0 Å². The third-order valence-electron chi connectivity index (χ3n) is 3.81. The molecule has 1 amide bonds. The highest BCUT2D eigenvalue weighted by molar-refractivity contribution is 5.77. The molecule has 24 heavy (non-hydrogen) atoms. The minimum atomic E-state index is -0.334. The van der Waals surface area contributed by atoms with E-state index in [-0.39, 0.29) is 24.4 Å². The number of carbonyl (C=O) groups is 1. The Hall–Kier alpha value is -2.70. The number of carbonyl (C=O) groups excluding carboxylic acids is 1. The lowest BCUT2D eigenvalue weighted by Crippen LogP contribution is -2.43. The van der Waals surface area contributed by atoms with Gasteiger partial charge in [0.1, 0.15) is 17.7 Å². The summed E-state index contributed by atoms with van der Waals surface area (Å²) in [6.45, 7) is 1.16. The van der Waals surface area contributed by atoms with Crippen LogP contribution in [0.4, 0.5) is 4.39 Å². The van der Waals surface area contributed by atoms with Crippen molar-refractivity contribution in [3.63, 3.8) is 0 Å². The van der Waals surface area contributed by atoms with Crippen molar-refractivity contribution in [1.82, 2.24) is 15.1 Å². The van der Waals surface area contributed by atoms with Crippen LogP contribution in [0.1, 0.15) is 12.8 Å². The summed E-state index contributed by atoms with van der Waals surface area (Å²) in [5.74, 6) is 0.559. The van der Waals surface area contributed by atoms with Crippen LogP contribution in [0.25, 0.3) is 0 Å². The standard InChI is InChI=1S/C17H18FN3O3/c18-13-3-5-14(6-4-13)23-12-17(22)21-10-7-15(8-11-21)24-16-2-1-9-19-20-16/h1-6,9,15H,7-8,10-12H2. The second-order valence-electron chi connectivity index (χ2n) is 5.50. The van der Waals surface area contributed by atoms with Gasteiger partial charge in [0, 0.05) is 38.2 Å². The van der Waals surface area contributed by atoms with Crippen molar-refractivity contribution in [3.05, 3.63) is 48.4 Å². The molecule has 0 atom stereocenters. The molecule has 0 bridgehead atoms. The number of ether oxygens (including phenoxy) is 2. The van der Waals surface area contributed by atoms with E-state index in [2.05, 4.69) is 10.2 Å². The summed E-state index contributed by atoms with van der Waals surface area (Å²) in [7, 11) is 0. The number of nitrogens with zero attached hydrogens (tertiary/aromatic N) is 3. The van der Waals surface area contributed by atoms with Gasteiger partial charge in [-0.3, -0.25) is 4.79 Å². The molecular weight excluding hydrogens is 313 g/mol. The monoisotopic (exact) mass is 331 g/mol. The van der Waals surface area contributed by atoms with Gasteiger partial charge < -0.3 is 14.4 Å². The van der Waals surface area contributed by atoms with Crippen molar-refractivity contribution in [2.45, 2.75) is 18.9 Å². The van der Waals surface area contributed by atoms with Gasteiger partial charge in [-0.05, 0) is 30.3 Å². The van der Waals surface area contributed by atoms with Crippen molar-refractivity contribution in [2.75, 3.05) is 19.7 Å². The van der Waals surface area contributed by atoms with Crippen molar-refractivity contribution in [2.24, 2.45) is 0 Å². The fraction of sp³-hybridized carbons (Fsp3) is 0.353. The first-order valence-corrected chi connectivity index (χ1v) is 7.81. The van der Waals surface area contributed by atoms with Gasteiger partial charge in [0.05, 0.1) is 0 Å². The maximum absolute atomic E-state index is 12.8. The number of halogens is 1.